The van der Waals surface area contributed by atoms with E-state index in [4.69, 9.17) is 9.88 Å². The molecular weight excluding hydrogens is 422 g/mol. The molecular formula is C20H19N5O5S. The lowest BCUT2D eigenvalue weighted by Gasteiger charge is -2.17. The van der Waals surface area contributed by atoms with Gasteiger partial charge in [-0.1, -0.05) is 6.07 Å². The molecule has 4 rings (SSSR count). The molecule has 0 saturated heterocycles. The SMILES string of the molecule is Cc1c(C(=O)OCC(=O)N2CCc3cc(S(N)(=O)=O)ccc32)cnn1-c1ccccn1. The number of carbonyl (C=O) groups excluding carboxylic acids is 2. The van der Waals surface area contributed by atoms with Crippen LogP contribution >= 0.6 is 0 Å². The predicted molar refractivity (Wildman–Crippen MR) is 110 cm³/mol. The average Bonchev–Trinajstić information content (AvgIpc) is 3.35. The van der Waals surface area contributed by atoms with Crippen molar-refractivity contribution in [3.05, 3.63) is 65.6 Å². The third-order valence-corrected chi connectivity index (χ3v) is 5.91. The first-order valence-electron chi connectivity index (χ1n) is 9.35. The molecule has 0 radical (unpaired) electrons. The highest BCUT2D eigenvalue weighted by Gasteiger charge is 2.27. The summed E-state index contributed by atoms with van der Waals surface area (Å²) in [5, 5.41) is 9.32. The molecule has 1 aliphatic rings. The number of ether oxygens (including phenoxy) is 1. The standard InChI is InChI=1S/C20H19N5O5S/c1-13-16(11-23-25(13)18-4-2-3-8-22-18)20(27)30-12-19(26)24-9-7-14-10-15(31(21,28)29)5-6-17(14)24/h2-6,8,10-11H,7,9,12H2,1H3,(H2,21,28,29). The first-order chi connectivity index (χ1) is 14.8. The number of anilines is 1. The summed E-state index contributed by atoms with van der Waals surface area (Å²) in [5.74, 6) is -0.523. The summed E-state index contributed by atoms with van der Waals surface area (Å²) in [7, 11) is -3.82. The Kier molecular flexibility index (Phi) is 5.29. The van der Waals surface area contributed by atoms with E-state index in [2.05, 4.69) is 10.1 Å². The second-order valence-corrected chi connectivity index (χ2v) is 8.51. The maximum atomic E-state index is 12.6. The first kappa shape index (κ1) is 20.7. The Bertz CT molecular complexity index is 1270. The molecule has 1 aromatic carbocycles. The Morgan fingerprint density at radius 2 is 2.03 bits per heavy atom. The highest BCUT2D eigenvalue weighted by atomic mass is 32.2. The number of primary sulfonamides is 1. The Morgan fingerprint density at radius 1 is 1.23 bits per heavy atom. The molecule has 160 valence electrons. The number of hydrogen-bond acceptors (Lipinski definition) is 7. The third-order valence-electron chi connectivity index (χ3n) is 5.00. The number of pyridine rings is 1. The van der Waals surface area contributed by atoms with Gasteiger partial charge in [0.2, 0.25) is 10.0 Å². The molecule has 0 fully saturated rings. The Hall–Kier alpha value is -3.57. The second-order valence-electron chi connectivity index (χ2n) is 6.95. The van der Waals surface area contributed by atoms with E-state index >= 15 is 0 Å². The van der Waals surface area contributed by atoms with Gasteiger partial charge >= 0.3 is 5.97 Å². The number of aromatic nitrogens is 3. The summed E-state index contributed by atoms with van der Waals surface area (Å²) < 4.78 is 29.7. The number of fused-ring (bicyclic) bond motifs is 1. The molecule has 31 heavy (non-hydrogen) atoms. The minimum Gasteiger partial charge on any atom is -0.452 e. The second kappa shape index (κ2) is 7.93. The maximum Gasteiger partial charge on any atom is 0.342 e. The number of nitrogens with two attached hydrogens (primary N) is 1. The fourth-order valence-corrected chi connectivity index (χ4v) is 3.98. The summed E-state index contributed by atoms with van der Waals surface area (Å²) in [4.78, 5) is 30.7. The van der Waals surface area contributed by atoms with Crippen molar-refractivity contribution in [1.82, 2.24) is 14.8 Å². The van der Waals surface area contributed by atoms with Gasteiger partial charge in [-0.15, -0.1) is 0 Å². The molecule has 0 bridgehead atoms. The first-order valence-corrected chi connectivity index (χ1v) is 10.9. The van der Waals surface area contributed by atoms with Crippen LogP contribution < -0.4 is 10.0 Å². The molecule has 3 heterocycles. The van der Waals surface area contributed by atoms with E-state index in [0.29, 0.717) is 35.7 Å². The molecule has 11 heteroatoms. The highest BCUT2D eigenvalue weighted by molar-refractivity contribution is 7.89. The van der Waals surface area contributed by atoms with Gasteiger partial charge in [-0.2, -0.15) is 5.10 Å². The van der Waals surface area contributed by atoms with Crippen LogP contribution in [-0.4, -0.2) is 48.2 Å². The lowest BCUT2D eigenvalue weighted by Crippen LogP contribution is -2.33. The fourth-order valence-electron chi connectivity index (χ4n) is 3.42. The number of amides is 1. The van der Waals surface area contributed by atoms with Crippen LogP contribution in [0.5, 0.6) is 0 Å². The molecule has 1 amide bonds. The van der Waals surface area contributed by atoms with Gasteiger partial charge in [0.15, 0.2) is 12.4 Å². The van der Waals surface area contributed by atoms with Crippen LogP contribution in [0.1, 0.15) is 21.6 Å². The van der Waals surface area contributed by atoms with Crippen molar-refractivity contribution in [2.24, 2.45) is 5.14 Å². The van der Waals surface area contributed by atoms with Crippen LogP contribution in [0.25, 0.3) is 5.82 Å². The Labute approximate surface area is 178 Å². The van der Waals surface area contributed by atoms with Crippen LogP contribution in [0.3, 0.4) is 0 Å². The maximum absolute atomic E-state index is 12.6. The van der Waals surface area contributed by atoms with Crippen molar-refractivity contribution in [2.75, 3.05) is 18.1 Å². The third kappa shape index (κ3) is 4.05. The highest BCUT2D eigenvalue weighted by Crippen LogP contribution is 2.30. The van der Waals surface area contributed by atoms with Crippen molar-refractivity contribution >= 4 is 27.6 Å². The molecule has 2 N–H and O–H groups in total. The van der Waals surface area contributed by atoms with Crippen LogP contribution in [-0.2, 0) is 26.0 Å². The van der Waals surface area contributed by atoms with Crippen LogP contribution in [0.2, 0.25) is 0 Å². The van der Waals surface area contributed by atoms with E-state index in [0.717, 1.165) is 0 Å². The minimum absolute atomic E-state index is 0.00706. The monoisotopic (exact) mass is 441 g/mol. The molecule has 10 nitrogen and oxygen atoms in total. The fraction of sp³-hybridized carbons (Fsp3) is 0.200. The molecule has 0 atom stereocenters. The summed E-state index contributed by atoms with van der Waals surface area (Å²) in [6.07, 6.45) is 3.47. The van der Waals surface area contributed by atoms with E-state index in [1.165, 1.54) is 34.0 Å². The number of benzene rings is 1. The van der Waals surface area contributed by atoms with Gasteiger partial charge < -0.3 is 9.64 Å². The van der Waals surface area contributed by atoms with Gasteiger partial charge in [-0.25, -0.2) is 28.0 Å². The molecule has 3 aromatic rings. The zero-order chi connectivity index (χ0) is 22.2. The van der Waals surface area contributed by atoms with Crippen molar-refractivity contribution < 1.29 is 22.7 Å². The summed E-state index contributed by atoms with van der Waals surface area (Å²) in [6.45, 7) is 1.61. The topological polar surface area (TPSA) is 137 Å². The van der Waals surface area contributed by atoms with Crippen molar-refractivity contribution in [3.63, 3.8) is 0 Å². The minimum atomic E-state index is -3.82. The molecule has 1 aliphatic heterocycles. The van der Waals surface area contributed by atoms with Crippen LogP contribution in [0.4, 0.5) is 5.69 Å². The van der Waals surface area contributed by atoms with Gasteiger partial charge in [0.05, 0.1) is 16.8 Å². The van der Waals surface area contributed by atoms with Gasteiger partial charge in [0, 0.05) is 18.4 Å². The Morgan fingerprint density at radius 3 is 2.74 bits per heavy atom. The number of rotatable bonds is 5. The molecule has 0 aliphatic carbocycles. The van der Waals surface area contributed by atoms with E-state index < -0.39 is 28.5 Å². The lowest BCUT2D eigenvalue weighted by molar-refractivity contribution is -0.121. The smallest absolute Gasteiger partial charge is 0.342 e. The van der Waals surface area contributed by atoms with Crippen molar-refractivity contribution in [3.8, 4) is 5.82 Å². The summed E-state index contributed by atoms with van der Waals surface area (Å²) in [5.41, 5.74) is 2.04. The number of sulfonamides is 1. The van der Waals surface area contributed by atoms with Gasteiger partial charge in [-0.3, -0.25) is 4.79 Å². The van der Waals surface area contributed by atoms with E-state index in [1.54, 1.807) is 31.3 Å². The van der Waals surface area contributed by atoms with E-state index in [-0.39, 0.29) is 10.5 Å². The Balaban J connectivity index is 1.44. The number of esters is 1. The predicted octanol–water partition coefficient (Wildman–Crippen LogP) is 0.969. The normalized spacial score (nSPS) is 13.2. The molecule has 0 unspecified atom stereocenters. The van der Waals surface area contributed by atoms with Gasteiger partial charge in [0.25, 0.3) is 5.91 Å². The summed E-state index contributed by atoms with van der Waals surface area (Å²) in [6, 6.07) is 9.67. The van der Waals surface area contributed by atoms with Gasteiger partial charge in [-0.05, 0) is 49.2 Å². The largest absolute Gasteiger partial charge is 0.452 e. The zero-order valence-electron chi connectivity index (χ0n) is 16.6. The van der Waals surface area contributed by atoms with Crippen molar-refractivity contribution in [1.29, 1.82) is 0 Å². The van der Waals surface area contributed by atoms with Crippen LogP contribution in [0, 0.1) is 6.92 Å². The number of nitrogens with zero attached hydrogens (tertiary/aromatic N) is 4. The van der Waals surface area contributed by atoms with E-state index in [9.17, 15) is 18.0 Å². The number of carbonyl (C=O) groups is 2. The quantitative estimate of drug-likeness (QED) is 0.582. The van der Waals surface area contributed by atoms with E-state index in [1.807, 2.05) is 0 Å². The molecule has 0 spiro atoms. The average molecular weight is 441 g/mol. The lowest BCUT2D eigenvalue weighted by atomic mass is 10.2. The molecule has 0 saturated carbocycles. The van der Waals surface area contributed by atoms with Gasteiger partial charge in [0.1, 0.15) is 5.56 Å². The number of hydrogen-bond donors (Lipinski definition) is 1. The van der Waals surface area contributed by atoms with Crippen LogP contribution in [0.15, 0.2) is 53.7 Å². The van der Waals surface area contributed by atoms with Crippen molar-refractivity contribution in [2.45, 2.75) is 18.2 Å². The molecule has 2 aromatic heterocycles. The summed E-state index contributed by atoms with van der Waals surface area (Å²) >= 11 is 0. The zero-order valence-corrected chi connectivity index (χ0v) is 17.4.